The van der Waals surface area contributed by atoms with Gasteiger partial charge in [0.15, 0.2) is 0 Å². The summed E-state index contributed by atoms with van der Waals surface area (Å²) in [6.07, 6.45) is 6.91. The van der Waals surface area contributed by atoms with E-state index in [1.54, 1.807) is 44.2 Å². The molecule has 1 saturated heterocycles. The van der Waals surface area contributed by atoms with Gasteiger partial charge in [0.1, 0.15) is 10.7 Å². The van der Waals surface area contributed by atoms with E-state index in [1.165, 1.54) is 54.9 Å². The number of hydrogen-bond donors (Lipinski definition) is 2. The highest BCUT2D eigenvalue weighted by Gasteiger charge is 2.51. The van der Waals surface area contributed by atoms with Crippen molar-refractivity contribution in [3.05, 3.63) is 63.4 Å². The van der Waals surface area contributed by atoms with E-state index in [2.05, 4.69) is 5.32 Å². The Balaban J connectivity index is 0.000000477. The highest BCUT2D eigenvalue weighted by atomic mass is 32.2. The molecule has 0 aromatic heterocycles. The first kappa shape index (κ1) is 28.5. The topological polar surface area (TPSA) is 135 Å². The molecule has 1 atom stereocenters. The van der Waals surface area contributed by atoms with Crippen LogP contribution in [0.4, 0.5) is 11.4 Å². The van der Waals surface area contributed by atoms with Crippen LogP contribution < -0.4 is 19.0 Å². The number of aliphatic hydroxyl groups is 1. The Kier molecular flexibility index (Phi) is 7.91. The van der Waals surface area contributed by atoms with Crippen molar-refractivity contribution in [3.8, 4) is 5.75 Å². The van der Waals surface area contributed by atoms with Gasteiger partial charge in [-0.15, -0.1) is 0 Å². The molecule has 11 heteroatoms. The third-order valence-corrected chi connectivity index (χ3v) is 12.0. The van der Waals surface area contributed by atoms with Crippen molar-refractivity contribution in [2.75, 3.05) is 34.8 Å². The summed E-state index contributed by atoms with van der Waals surface area (Å²) < 4.78 is 57.6. The molecule has 2 aromatic carbocycles. The summed E-state index contributed by atoms with van der Waals surface area (Å²) >= 11 is 0. The van der Waals surface area contributed by atoms with Gasteiger partial charge in [-0.05, 0) is 81.7 Å². The van der Waals surface area contributed by atoms with Gasteiger partial charge in [-0.1, -0.05) is 30.0 Å². The zero-order valence-corrected chi connectivity index (χ0v) is 24.5. The minimum Gasteiger partial charge on any atom is -0.872 e. The number of rotatable bonds is 5. The fourth-order valence-corrected chi connectivity index (χ4v) is 9.88. The van der Waals surface area contributed by atoms with Crippen molar-refractivity contribution in [1.29, 1.82) is 0 Å². The molecule has 40 heavy (non-hydrogen) atoms. The highest BCUT2D eigenvalue weighted by Crippen LogP contribution is 2.54. The first-order valence-corrected chi connectivity index (χ1v) is 16.9. The summed E-state index contributed by atoms with van der Waals surface area (Å²) in [5.74, 6) is -2.16. The van der Waals surface area contributed by atoms with Gasteiger partial charge in [0.05, 0.1) is 29.4 Å². The Morgan fingerprint density at radius 1 is 0.900 bits per heavy atom. The second-order valence-corrected chi connectivity index (χ2v) is 14.2. The molecule has 0 spiro atoms. The monoisotopic (exact) mass is 587 g/mol. The van der Waals surface area contributed by atoms with Crippen LogP contribution in [0, 0.1) is 11.8 Å². The summed E-state index contributed by atoms with van der Waals surface area (Å²) in [7, 11) is -8.38. The lowest BCUT2D eigenvalue weighted by molar-refractivity contribution is -0.662. The summed E-state index contributed by atoms with van der Waals surface area (Å²) in [6, 6.07) is 11.1. The molecule has 1 saturated carbocycles. The Morgan fingerprint density at radius 3 is 2.10 bits per heavy atom. The Hall–Kier alpha value is -3.02. The number of aliphatic hydroxyl groups excluding tert-OH is 1. The number of nitrogens with zero attached hydrogens (tertiary/aromatic N) is 2. The van der Waals surface area contributed by atoms with E-state index in [0.717, 1.165) is 4.31 Å². The number of hydrogen-bond acceptors (Lipinski definition) is 6. The number of piperidine rings is 1. The van der Waals surface area contributed by atoms with E-state index >= 15 is 0 Å². The third kappa shape index (κ3) is 4.88. The van der Waals surface area contributed by atoms with Crippen LogP contribution in [0.1, 0.15) is 57.1 Å². The molecule has 3 aliphatic heterocycles. The maximum atomic E-state index is 13.8. The first-order valence-electron chi connectivity index (χ1n) is 14.1. The van der Waals surface area contributed by atoms with Crippen LogP contribution in [-0.4, -0.2) is 48.1 Å². The van der Waals surface area contributed by atoms with Gasteiger partial charge < -0.3 is 15.5 Å². The number of fused-ring (bicyclic) bond motifs is 2. The number of sulfonamides is 2. The molecule has 216 valence electrons. The zero-order chi connectivity index (χ0) is 28.7. The lowest BCUT2D eigenvalue weighted by Gasteiger charge is -2.38. The lowest BCUT2D eigenvalue weighted by atomic mass is 9.96. The van der Waals surface area contributed by atoms with Crippen LogP contribution in [0.2, 0.25) is 0 Å². The minimum absolute atomic E-state index is 0.0786. The molecule has 0 radical (unpaired) electrons. The molecule has 6 rings (SSSR count). The third-order valence-electron chi connectivity index (χ3n) is 7.99. The molecule has 2 fully saturated rings. The molecule has 3 heterocycles. The predicted octanol–water partition coefficient (Wildman–Crippen LogP) is 3.13. The largest absolute Gasteiger partial charge is 0.872 e. The Labute approximate surface area is 236 Å². The van der Waals surface area contributed by atoms with Crippen molar-refractivity contribution < 1.29 is 32.4 Å². The summed E-state index contributed by atoms with van der Waals surface area (Å²) in [6.45, 7) is 6.30. The number of benzene rings is 2. The van der Waals surface area contributed by atoms with Crippen LogP contribution in [0.3, 0.4) is 0 Å². The van der Waals surface area contributed by atoms with Gasteiger partial charge in [-0.2, -0.15) is 0 Å². The van der Waals surface area contributed by atoms with Gasteiger partial charge in [-0.3, -0.25) is 8.61 Å². The fourth-order valence-electron chi connectivity index (χ4n) is 5.91. The van der Waals surface area contributed by atoms with E-state index in [9.17, 15) is 27.0 Å². The molecular weight excluding hydrogens is 550 g/mol. The molecule has 0 bridgehead atoms. The van der Waals surface area contributed by atoms with Gasteiger partial charge >= 0.3 is 0 Å². The van der Waals surface area contributed by atoms with Crippen LogP contribution >= 0.6 is 0 Å². The second-order valence-electron chi connectivity index (χ2n) is 10.5. The summed E-state index contributed by atoms with van der Waals surface area (Å²) in [5, 5.41) is 26.3. The van der Waals surface area contributed by atoms with Gasteiger partial charge in [0, 0.05) is 24.6 Å². The summed E-state index contributed by atoms with van der Waals surface area (Å²) in [4.78, 5) is -0.471. The van der Waals surface area contributed by atoms with E-state index in [4.69, 9.17) is 0 Å². The van der Waals surface area contributed by atoms with Crippen LogP contribution in [0.25, 0.3) is 11.8 Å². The number of para-hydroxylation sites is 1. The van der Waals surface area contributed by atoms with Gasteiger partial charge in [0.2, 0.25) is 0 Å². The molecule has 1 unspecified atom stereocenters. The van der Waals surface area contributed by atoms with Crippen LogP contribution in [-0.2, 0) is 20.0 Å². The van der Waals surface area contributed by atoms with Crippen LogP contribution in [0.5, 0.6) is 5.75 Å². The van der Waals surface area contributed by atoms with Crippen molar-refractivity contribution in [2.24, 2.45) is 11.8 Å². The fraction of sp³-hybridized carbons (Fsp3) is 0.448. The molecule has 3 N–H and O–H groups in total. The number of quaternary nitrogens is 1. The molecular formula is C29H37N3O6S2. The maximum absolute atomic E-state index is 13.8. The van der Waals surface area contributed by atoms with Crippen molar-refractivity contribution in [1.82, 2.24) is 0 Å². The average Bonchev–Trinajstić information content (AvgIpc) is 3.78. The molecule has 0 amide bonds. The molecule has 2 aromatic rings. The quantitative estimate of drug-likeness (QED) is 0.552. The van der Waals surface area contributed by atoms with E-state index in [0.29, 0.717) is 24.1 Å². The van der Waals surface area contributed by atoms with E-state index in [-0.39, 0.29) is 45.8 Å². The van der Waals surface area contributed by atoms with Crippen molar-refractivity contribution >= 4 is 43.3 Å². The maximum Gasteiger partial charge on any atom is 0.264 e. The molecule has 4 aliphatic rings. The standard InChI is InChI=1S/C24H26N2O6S2.C5H11N/c1-3-25-19-10-7-11-20(27)17(19)14-21(33(25,29)30)22(15-12-13-15)24-23(28)16-8-5-6-9-18(16)26(4-2)34(24,31)32;1-2-4-6-5-3-1/h5-11,14-15,22,27-28H,3-4,12-13H2,1-2H3;6H,1-5H2. The SMILES string of the molecule is C1CC[NH2+]CC1.CCN1c2ccccc2C(O)=C(C(C2=Cc3c([O-])cccc3N(CC)S2(=O)=O)C2CC2)S1(=O)=O. The number of nitrogens with two attached hydrogens (primary N) is 1. The predicted molar refractivity (Wildman–Crippen MR) is 155 cm³/mol. The summed E-state index contributed by atoms with van der Waals surface area (Å²) in [5.41, 5.74) is 1.17. The van der Waals surface area contributed by atoms with Gasteiger partial charge in [-0.25, -0.2) is 16.8 Å². The zero-order valence-electron chi connectivity index (χ0n) is 22.9. The number of anilines is 2. The van der Waals surface area contributed by atoms with E-state index < -0.39 is 31.7 Å². The van der Waals surface area contributed by atoms with E-state index in [1.807, 2.05) is 0 Å². The van der Waals surface area contributed by atoms with Crippen molar-refractivity contribution in [2.45, 2.75) is 46.0 Å². The first-order chi connectivity index (χ1) is 19.1. The Morgan fingerprint density at radius 2 is 1.52 bits per heavy atom. The minimum atomic E-state index is -4.23. The van der Waals surface area contributed by atoms with Gasteiger partial charge in [0.25, 0.3) is 20.0 Å². The lowest BCUT2D eigenvalue weighted by Crippen LogP contribution is -2.85. The number of allylic oxidation sites excluding steroid dienone is 2. The Bertz CT molecular complexity index is 1550. The molecule has 9 nitrogen and oxygen atoms in total. The van der Waals surface area contributed by atoms with Crippen molar-refractivity contribution in [3.63, 3.8) is 0 Å². The highest BCUT2D eigenvalue weighted by molar-refractivity contribution is 7.98. The normalized spacial score (nSPS) is 21.9. The second kappa shape index (κ2) is 11.1. The smallest absolute Gasteiger partial charge is 0.264 e. The molecule has 1 aliphatic carbocycles. The van der Waals surface area contributed by atoms with Crippen LogP contribution in [0.15, 0.2) is 52.3 Å². The average molecular weight is 588 g/mol.